The van der Waals surface area contributed by atoms with Crippen molar-refractivity contribution < 1.29 is 0 Å². The van der Waals surface area contributed by atoms with Gasteiger partial charge in [-0.3, -0.25) is 0 Å². The largest absolute Gasteiger partial charge is 0.370 e. The fraction of sp³-hybridized carbons (Fsp3) is 0.765. The van der Waals surface area contributed by atoms with Crippen molar-refractivity contribution >= 4 is 11.6 Å². The van der Waals surface area contributed by atoms with E-state index in [1.54, 1.807) is 0 Å². The molecule has 1 aromatic heterocycles. The average Bonchev–Trinajstić information content (AvgIpc) is 2.53. The molecule has 4 nitrogen and oxygen atoms in total. The van der Waals surface area contributed by atoms with E-state index in [-0.39, 0.29) is 0 Å². The van der Waals surface area contributed by atoms with Crippen LogP contribution < -0.4 is 10.6 Å². The van der Waals surface area contributed by atoms with Gasteiger partial charge in [-0.25, -0.2) is 9.97 Å². The van der Waals surface area contributed by atoms with Gasteiger partial charge in [0.05, 0.1) is 0 Å². The van der Waals surface area contributed by atoms with E-state index in [2.05, 4.69) is 47.4 Å². The van der Waals surface area contributed by atoms with Crippen molar-refractivity contribution in [3.63, 3.8) is 0 Å². The summed E-state index contributed by atoms with van der Waals surface area (Å²) in [6.45, 7) is 7.54. The number of hydrogen-bond donors (Lipinski definition) is 2. The lowest BCUT2D eigenvalue weighted by Gasteiger charge is -2.32. The van der Waals surface area contributed by atoms with Gasteiger partial charge in [0, 0.05) is 25.1 Å². The topological polar surface area (TPSA) is 49.8 Å². The minimum atomic E-state index is 0.572. The third kappa shape index (κ3) is 4.58. The molecule has 1 saturated carbocycles. The van der Waals surface area contributed by atoms with E-state index in [9.17, 15) is 0 Å². The molecule has 1 heterocycles. The van der Waals surface area contributed by atoms with Gasteiger partial charge in [0.15, 0.2) is 0 Å². The normalized spacial score (nSPS) is 22.0. The first-order valence-corrected chi connectivity index (χ1v) is 8.65. The van der Waals surface area contributed by atoms with Crippen molar-refractivity contribution in [3.8, 4) is 0 Å². The van der Waals surface area contributed by atoms with Crippen LogP contribution in [0.3, 0.4) is 0 Å². The predicted octanol–water partition coefficient (Wildman–Crippen LogP) is 4.24. The van der Waals surface area contributed by atoms with Crippen LogP contribution in [0.1, 0.15) is 65.1 Å². The lowest BCUT2D eigenvalue weighted by Crippen LogP contribution is -2.32. The van der Waals surface area contributed by atoms with Gasteiger partial charge < -0.3 is 10.6 Å². The summed E-state index contributed by atoms with van der Waals surface area (Å²) in [4.78, 5) is 9.22. The smallest absolute Gasteiger partial charge is 0.132 e. The van der Waals surface area contributed by atoms with Gasteiger partial charge >= 0.3 is 0 Å². The average molecular weight is 290 g/mol. The lowest BCUT2D eigenvalue weighted by molar-refractivity contribution is 0.317. The molecule has 1 aromatic rings. The Hall–Kier alpha value is -1.32. The Morgan fingerprint density at radius 1 is 1.10 bits per heavy atom. The lowest BCUT2D eigenvalue weighted by atomic mass is 9.83. The zero-order chi connectivity index (χ0) is 15.1. The first-order valence-electron chi connectivity index (χ1n) is 8.65. The quantitative estimate of drug-likeness (QED) is 0.788. The van der Waals surface area contributed by atoms with Gasteiger partial charge in [0.1, 0.15) is 17.5 Å². The molecule has 0 spiro atoms. The second-order valence-corrected chi connectivity index (χ2v) is 6.04. The minimum absolute atomic E-state index is 0.572. The van der Waals surface area contributed by atoms with Crippen LogP contribution in [0.25, 0.3) is 0 Å². The first-order chi connectivity index (χ1) is 10.3. The maximum atomic E-state index is 4.66. The van der Waals surface area contributed by atoms with Crippen molar-refractivity contribution in [1.29, 1.82) is 0 Å². The van der Waals surface area contributed by atoms with Gasteiger partial charge in [-0.1, -0.05) is 40.0 Å². The van der Waals surface area contributed by atoms with E-state index < -0.39 is 0 Å². The van der Waals surface area contributed by atoms with E-state index in [0.29, 0.717) is 6.04 Å². The van der Waals surface area contributed by atoms with E-state index in [1.807, 2.05) is 0 Å². The number of nitrogens with zero attached hydrogens (tertiary/aromatic N) is 2. The fourth-order valence-corrected chi connectivity index (χ4v) is 3.15. The number of anilines is 2. The molecule has 0 radical (unpaired) electrons. The predicted molar refractivity (Wildman–Crippen MR) is 89.9 cm³/mol. The Morgan fingerprint density at radius 2 is 1.86 bits per heavy atom. The second kappa shape index (κ2) is 8.20. The third-order valence-corrected chi connectivity index (χ3v) is 4.41. The van der Waals surface area contributed by atoms with E-state index >= 15 is 0 Å². The highest BCUT2D eigenvalue weighted by atomic mass is 15.1. The van der Waals surface area contributed by atoms with Crippen LogP contribution in [0, 0.1) is 5.92 Å². The van der Waals surface area contributed by atoms with Crippen LogP contribution in [-0.2, 0) is 6.42 Å². The Kier molecular flexibility index (Phi) is 6.27. The Balaban J connectivity index is 2.10. The molecule has 0 amide bonds. The molecule has 2 atom stereocenters. The number of aromatic nitrogens is 2. The molecule has 118 valence electrons. The SMILES string of the molecule is CCCNc1cc(NC2CCCCC2CC)nc(CC)n1. The summed E-state index contributed by atoms with van der Waals surface area (Å²) >= 11 is 0. The monoisotopic (exact) mass is 290 g/mol. The van der Waals surface area contributed by atoms with Crippen molar-refractivity contribution in [3.05, 3.63) is 11.9 Å². The van der Waals surface area contributed by atoms with Crippen molar-refractivity contribution in [1.82, 2.24) is 9.97 Å². The summed E-state index contributed by atoms with van der Waals surface area (Å²) < 4.78 is 0. The first kappa shape index (κ1) is 16.1. The molecule has 4 heteroatoms. The van der Waals surface area contributed by atoms with Crippen LogP contribution in [0.15, 0.2) is 6.07 Å². The van der Waals surface area contributed by atoms with E-state index in [4.69, 9.17) is 0 Å². The van der Waals surface area contributed by atoms with Crippen LogP contribution in [0.5, 0.6) is 0 Å². The highest BCUT2D eigenvalue weighted by molar-refractivity contribution is 5.48. The highest BCUT2D eigenvalue weighted by Gasteiger charge is 2.23. The van der Waals surface area contributed by atoms with Gasteiger partial charge in [0.25, 0.3) is 0 Å². The molecule has 0 bridgehead atoms. The Morgan fingerprint density at radius 3 is 2.57 bits per heavy atom. The van der Waals surface area contributed by atoms with E-state index in [0.717, 1.165) is 42.8 Å². The maximum Gasteiger partial charge on any atom is 0.132 e. The Labute approximate surface area is 129 Å². The van der Waals surface area contributed by atoms with Gasteiger partial charge in [-0.05, 0) is 25.2 Å². The standard InChI is InChI=1S/C17H30N4/c1-4-11-18-16-12-17(21-15(6-3)20-16)19-14-10-8-7-9-13(14)5-2/h12-14H,4-11H2,1-3H3,(H2,18,19,20,21). The van der Waals surface area contributed by atoms with Crippen molar-refractivity contribution in [2.75, 3.05) is 17.2 Å². The van der Waals surface area contributed by atoms with Gasteiger partial charge in [-0.2, -0.15) is 0 Å². The Bertz CT molecular complexity index is 433. The van der Waals surface area contributed by atoms with Crippen molar-refractivity contribution in [2.24, 2.45) is 5.92 Å². The summed E-state index contributed by atoms with van der Waals surface area (Å²) in [5.41, 5.74) is 0. The molecule has 2 N–H and O–H groups in total. The molecule has 1 fully saturated rings. The summed E-state index contributed by atoms with van der Waals surface area (Å²) in [5, 5.41) is 7.06. The van der Waals surface area contributed by atoms with Crippen LogP contribution in [0.4, 0.5) is 11.6 Å². The van der Waals surface area contributed by atoms with Gasteiger partial charge in [-0.15, -0.1) is 0 Å². The highest BCUT2D eigenvalue weighted by Crippen LogP contribution is 2.29. The third-order valence-electron chi connectivity index (χ3n) is 4.41. The molecular weight excluding hydrogens is 260 g/mol. The maximum absolute atomic E-state index is 4.66. The number of aryl methyl sites for hydroxylation is 1. The molecule has 2 unspecified atom stereocenters. The zero-order valence-electron chi connectivity index (χ0n) is 13.8. The molecule has 1 aliphatic carbocycles. The second-order valence-electron chi connectivity index (χ2n) is 6.04. The van der Waals surface area contributed by atoms with Gasteiger partial charge in [0.2, 0.25) is 0 Å². The van der Waals surface area contributed by atoms with Crippen LogP contribution in [-0.4, -0.2) is 22.6 Å². The number of rotatable bonds is 7. The summed E-state index contributed by atoms with van der Waals surface area (Å²) in [6.07, 6.45) is 8.56. The van der Waals surface area contributed by atoms with Crippen molar-refractivity contribution in [2.45, 2.75) is 71.8 Å². The summed E-state index contributed by atoms with van der Waals surface area (Å²) in [7, 11) is 0. The number of hydrogen-bond acceptors (Lipinski definition) is 4. The van der Waals surface area contributed by atoms with Crippen LogP contribution >= 0.6 is 0 Å². The summed E-state index contributed by atoms with van der Waals surface area (Å²) in [6, 6.07) is 2.64. The van der Waals surface area contributed by atoms with Crippen LogP contribution in [0.2, 0.25) is 0 Å². The van der Waals surface area contributed by atoms with E-state index in [1.165, 1.54) is 32.1 Å². The molecule has 21 heavy (non-hydrogen) atoms. The molecule has 1 aliphatic rings. The summed E-state index contributed by atoms with van der Waals surface area (Å²) in [5.74, 6) is 3.65. The molecule has 0 aliphatic heterocycles. The zero-order valence-corrected chi connectivity index (χ0v) is 13.8. The minimum Gasteiger partial charge on any atom is -0.370 e. The molecule has 0 saturated heterocycles. The molecule has 0 aromatic carbocycles. The molecule has 2 rings (SSSR count). The number of nitrogens with one attached hydrogen (secondary N) is 2. The fourth-order valence-electron chi connectivity index (χ4n) is 3.15. The molecular formula is C17H30N4.